The summed E-state index contributed by atoms with van der Waals surface area (Å²) in [5.41, 5.74) is 0.641. The molecular formula is C20H25N3O2S. The fourth-order valence-corrected chi connectivity index (χ4v) is 4.09. The van der Waals surface area contributed by atoms with Crippen molar-refractivity contribution in [2.45, 2.75) is 58.0 Å². The summed E-state index contributed by atoms with van der Waals surface area (Å²) in [6.07, 6.45) is 2.42. The predicted octanol–water partition coefficient (Wildman–Crippen LogP) is 4.40. The number of hydrogen-bond acceptors (Lipinski definition) is 4. The first-order valence-corrected chi connectivity index (χ1v) is 10.00. The van der Waals surface area contributed by atoms with Crippen LogP contribution in [-0.2, 0) is 16.9 Å². The molecule has 0 bridgehead atoms. The van der Waals surface area contributed by atoms with Gasteiger partial charge in [0, 0.05) is 11.3 Å². The van der Waals surface area contributed by atoms with E-state index in [4.69, 9.17) is 0 Å². The van der Waals surface area contributed by atoms with Gasteiger partial charge in [-0.2, -0.15) is 0 Å². The molecular weight excluding hydrogens is 346 g/mol. The van der Waals surface area contributed by atoms with Crippen molar-refractivity contribution in [3.63, 3.8) is 0 Å². The molecule has 1 atom stereocenters. The predicted molar refractivity (Wildman–Crippen MR) is 103 cm³/mol. The maximum absolute atomic E-state index is 13.3. The molecule has 1 aliphatic rings. The normalized spacial score (nSPS) is 20.1. The lowest BCUT2D eigenvalue weighted by Crippen LogP contribution is -2.44. The molecule has 2 heterocycles. The molecule has 3 rings (SSSR count). The topological polar surface area (TPSA) is 62.3 Å². The van der Waals surface area contributed by atoms with E-state index in [9.17, 15) is 9.59 Å². The van der Waals surface area contributed by atoms with Gasteiger partial charge in [0.15, 0.2) is 0 Å². The number of nitrogens with zero attached hydrogens (tertiary/aromatic N) is 2. The van der Waals surface area contributed by atoms with Crippen LogP contribution in [0.25, 0.3) is 0 Å². The summed E-state index contributed by atoms with van der Waals surface area (Å²) in [5.74, 6) is 0.158. The van der Waals surface area contributed by atoms with E-state index in [2.05, 4.69) is 31.1 Å². The van der Waals surface area contributed by atoms with Crippen LogP contribution >= 0.6 is 11.3 Å². The van der Waals surface area contributed by atoms with Crippen molar-refractivity contribution in [2.24, 2.45) is 0 Å². The smallest absolute Gasteiger partial charge is 0.319 e. The number of thiazole rings is 1. The number of unbranched alkanes of at least 4 members (excludes halogenated alkanes) is 1. The molecule has 1 saturated heterocycles. The fraction of sp³-hybridized carbons (Fsp3) is 0.450. The molecule has 0 aliphatic carbocycles. The molecule has 1 N–H and O–H groups in total. The molecule has 1 aromatic heterocycles. The Bertz CT molecular complexity index is 787. The second kappa shape index (κ2) is 7.58. The average molecular weight is 372 g/mol. The van der Waals surface area contributed by atoms with Crippen molar-refractivity contribution < 1.29 is 9.59 Å². The summed E-state index contributed by atoms with van der Waals surface area (Å²) in [4.78, 5) is 31.8. The first kappa shape index (κ1) is 18.6. The van der Waals surface area contributed by atoms with Gasteiger partial charge >= 0.3 is 6.03 Å². The van der Waals surface area contributed by atoms with Crippen LogP contribution in [-0.4, -0.2) is 21.8 Å². The Labute approximate surface area is 158 Å². The number of imide groups is 1. The molecule has 1 aromatic carbocycles. The second-order valence-electron chi connectivity index (χ2n) is 7.03. The zero-order valence-corrected chi connectivity index (χ0v) is 16.3. The molecule has 0 saturated carbocycles. The number of urea groups is 1. The Morgan fingerprint density at radius 3 is 2.58 bits per heavy atom. The van der Waals surface area contributed by atoms with Gasteiger partial charge in [-0.05, 0) is 12.0 Å². The highest BCUT2D eigenvalue weighted by Crippen LogP contribution is 2.35. The third-order valence-electron chi connectivity index (χ3n) is 4.73. The van der Waals surface area contributed by atoms with Gasteiger partial charge in [0.25, 0.3) is 5.91 Å². The van der Waals surface area contributed by atoms with Gasteiger partial charge in [-0.3, -0.25) is 9.69 Å². The lowest BCUT2D eigenvalue weighted by atomic mass is 9.85. The van der Waals surface area contributed by atoms with E-state index < -0.39 is 5.54 Å². The van der Waals surface area contributed by atoms with Gasteiger partial charge in [-0.25, -0.2) is 9.78 Å². The van der Waals surface area contributed by atoms with E-state index in [1.807, 2.05) is 35.7 Å². The Morgan fingerprint density at radius 2 is 1.96 bits per heavy atom. The quantitative estimate of drug-likeness (QED) is 0.734. The van der Waals surface area contributed by atoms with Crippen LogP contribution in [0.1, 0.15) is 62.2 Å². The Morgan fingerprint density at radius 1 is 1.23 bits per heavy atom. The largest absolute Gasteiger partial charge is 0.325 e. The minimum absolute atomic E-state index is 0.179. The van der Waals surface area contributed by atoms with Gasteiger partial charge in [-0.1, -0.05) is 63.9 Å². The van der Waals surface area contributed by atoms with Crippen LogP contribution < -0.4 is 5.32 Å². The number of amides is 3. The molecule has 26 heavy (non-hydrogen) atoms. The third-order valence-corrected chi connectivity index (χ3v) is 5.93. The number of aromatic nitrogens is 1. The zero-order valence-electron chi connectivity index (χ0n) is 15.5. The molecule has 0 radical (unpaired) electrons. The molecule has 6 heteroatoms. The van der Waals surface area contributed by atoms with Gasteiger partial charge in [0.1, 0.15) is 5.54 Å². The first-order valence-electron chi connectivity index (χ1n) is 9.12. The van der Waals surface area contributed by atoms with Crippen LogP contribution in [0.2, 0.25) is 0 Å². The Hall–Kier alpha value is -2.21. The highest BCUT2D eigenvalue weighted by Gasteiger charge is 2.51. The van der Waals surface area contributed by atoms with E-state index >= 15 is 0 Å². The van der Waals surface area contributed by atoms with Crippen LogP contribution in [0.15, 0.2) is 35.7 Å². The second-order valence-corrected chi connectivity index (χ2v) is 7.92. The lowest BCUT2D eigenvalue weighted by Gasteiger charge is -2.27. The van der Waals surface area contributed by atoms with Crippen LogP contribution in [0, 0.1) is 0 Å². The van der Waals surface area contributed by atoms with E-state index in [1.165, 1.54) is 4.90 Å². The molecule has 1 fully saturated rings. The summed E-state index contributed by atoms with van der Waals surface area (Å²) in [6.45, 7) is 6.47. The third kappa shape index (κ3) is 3.38. The van der Waals surface area contributed by atoms with Crippen molar-refractivity contribution in [3.8, 4) is 0 Å². The van der Waals surface area contributed by atoms with Crippen molar-refractivity contribution in [2.75, 3.05) is 0 Å². The summed E-state index contributed by atoms with van der Waals surface area (Å²) < 4.78 is 0. The summed E-state index contributed by atoms with van der Waals surface area (Å²) >= 11 is 1.57. The number of rotatable bonds is 7. The molecule has 2 aromatic rings. The SMILES string of the molecule is CCCCC1(c2ccccc2)NC(=O)N(Cc2csc(C(C)C)n2)C1=O. The summed E-state index contributed by atoms with van der Waals surface area (Å²) in [5, 5.41) is 5.94. The molecule has 1 unspecified atom stereocenters. The standard InChI is InChI=1S/C20H25N3O2S/c1-4-5-11-20(15-9-7-6-8-10-15)18(24)23(19(25)22-20)12-16-13-26-17(21-16)14(2)3/h6-10,13-14H,4-5,11-12H2,1-3H3,(H,22,25). The Balaban J connectivity index is 1.89. The number of benzene rings is 1. The van der Waals surface area contributed by atoms with E-state index in [0.29, 0.717) is 12.3 Å². The van der Waals surface area contributed by atoms with Gasteiger partial charge in [-0.15, -0.1) is 11.3 Å². The molecule has 5 nitrogen and oxygen atoms in total. The molecule has 0 spiro atoms. The molecule has 1 aliphatic heterocycles. The lowest BCUT2D eigenvalue weighted by molar-refractivity contribution is -0.132. The first-order chi connectivity index (χ1) is 12.5. The monoisotopic (exact) mass is 371 g/mol. The number of carbonyl (C=O) groups is 2. The van der Waals surface area contributed by atoms with E-state index in [0.717, 1.165) is 29.1 Å². The summed E-state index contributed by atoms with van der Waals surface area (Å²) in [7, 11) is 0. The van der Waals surface area contributed by atoms with Crippen LogP contribution in [0.4, 0.5) is 4.79 Å². The maximum Gasteiger partial charge on any atom is 0.325 e. The number of nitrogens with one attached hydrogen (secondary N) is 1. The van der Waals surface area contributed by atoms with Gasteiger partial charge in [0.05, 0.1) is 17.2 Å². The maximum atomic E-state index is 13.3. The zero-order chi connectivity index (χ0) is 18.7. The van der Waals surface area contributed by atoms with E-state index in [1.54, 1.807) is 11.3 Å². The van der Waals surface area contributed by atoms with Crippen molar-refractivity contribution >= 4 is 23.3 Å². The fourth-order valence-electron chi connectivity index (χ4n) is 3.27. The van der Waals surface area contributed by atoms with Crippen molar-refractivity contribution in [1.29, 1.82) is 0 Å². The highest BCUT2D eigenvalue weighted by molar-refractivity contribution is 7.09. The Kier molecular flexibility index (Phi) is 5.41. The number of carbonyl (C=O) groups excluding carboxylic acids is 2. The van der Waals surface area contributed by atoms with Gasteiger partial charge in [0.2, 0.25) is 0 Å². The minimum Gasteiger partial charge on any atom is -0.319 e. The molecule has 3 amide bonds. The highest BCUT2D eigenvalue weighted by atomic mass is 32.1. The average Bonchev–Trinajstić information content (AvgIpc) is 3.20. The van der Waals surface area contributed by atoms with Crippen LogP contribution in [0.5, 0.6) is 0 Å². The summed E-state index contributed by atoms with van der Waals surface area (Å²) in [6, 6.07) is 9.21. The van der Waals surface area contributed by atoms with Crippen LogP contribution in [0.3, 0.4) is 0 Å². The van der Waals surface area contributed by atoms with E-state index in [-0.39, 0.29) is 18.5 Å². The van der Waals surface area contributed by atoms with Gasteiger partial charge < -0.3 is 5.32 Å². The number of hydrogen-bond donors (Lipinski definition) is 1. The van der Waals surface area contributed by atoms with Crippen molar-refractivity contribution in [3.05, 3.63) is 52.0 Å². The minimum atomic E-state index is -0.967. The molecule has 138 valence electrons. The van der Waals surface area contributed by atoms with Crippen molar-refractivity contribution in [1.82, 2.24) is 15.2 Å².